The summed E-state index contributed by atoms with van der Waals surface area (Å²) in [5.41, 5.74) is 1.12. The minimum atomic E-state index is -3.77. The lowest BCUT2D eigenvalue weighted by molar-refractivity contribution is -0.113. The lowest BCUT2D eigenvalue weighted by Gasteiger charge is -2.07. The number of nitrogens with one attached hydrogen (secondary N) is 3. The van der Waals surface area contributed by atoms with E-state index >= 15 is 0 Å². The molecule has 0 fully saturated rings. The van der Waals surface area contributed by atoms with Crippen LogP contribution in [0.15, 0.2) is 52.2 Å². The van der Waals surface area contributed by atoms with Gasteiger partial charge in [-0.2, -0.15) is 0 Å². The molecular formula is C15H12ClN3O4S. The van der Waals surface area contributed by atoms with Crippen LogP contribution in [0.4, 0.5) is 5.69 Å². The first-order valence-electron chi connectivity index (χ1n) is 6.84. The zero-order chi connectivity index (χ0) is 17.3. The largest absolute Gasteiger partial charge is 0.325 e. The van der Waals surface area contributed by atoms with Gasteiger partial charge in [0, 0.05) is 10.7 Å². The van der Waals surface area contributed by atoms with Crippen molar-refractivity contribution in [1.82, 2.24) is 9.97 Å². The Balaban J connectivity index is 1.76. The smallest absolute Gasteiger partial charge is 0.323 e. The Morgan fingerprint density at radius 3 is 2.42 bits per heavy atom. The number of carbonyl (C=O) groups is 1. The van der Waals surface area contributed by atoms with E-state index in [4.69, 9.17) is 11.6 Å². The predicted octanol–water partition coefficient (Wildman–Crippen LogP) is 1.92. The number of aromatic nitrogens is 2. The highest BCUT2D eigenvalue weighted by atomic mass is 35.5. The highest BCUT2D eigenvalue weighted by Crippen LogP contribution is 2.17. The SMILES string of the molecule is O=C(CS(=O)(=O)c1ccc(Cl)cc1)Nc1ccc2[nH]c(=O)[nH]c2c1. The monoisotopic (exact) mass is 365 g/mol. The van der Waals surface area contributed by atoms with Crippen molar-refractivity contribution >= 4 is 44.1 Å². The van der Waals surface area contributed by atoms with Crippen LogP contribution in [0.2, 0.25) is 5.02 Å². The topological polar surface area (TPSA) is 112 Å². The highest BCUT2D eigenvalue weighted by molar-refractivity contribution is 7.92. The van der Waals surface area contributed by atoms with Crippen molar-refractivity contribution in [3.05, 3.63) is 58.0 Å². The Hall–Kier alpha value is -2.58. The predicted molar refractivity (Wildman–Crippen MR) is 91.1 cm³/mol. The van der Waals surface area contributed by atoms with E-state index in [2.05, 4.69) is 15.3 Å². The summed E-state index contributed by atoms with van der Waals surface area (Å²) in [7, 11) is -3.77. The molecule has 124 valence electrons. The number of anilines is 1. The van der Waals surface area contributed by atoms with Gasteiger partial charge in [-0.25, -0.2) is 13.2 Å². The lowest BCUT2D eigenvalue weighted by atomic mass is 10.3. The molecule has 24 heavy (non-hydrogen) atoms. The van der Waals surface area contributed by atoms with Crippen molar-refractivity contribution in [2.24, 2.45) is 0 Å². The summed E-state index contributed by atoms with van der Waals surface area (Å²) in [6.07, 6.45) is 0. The van der Waals surface area contributed by atoms with E-state index in [9.17, 15) is 18.0 Å². The molecule has 7 nitrogen and oxygen atoms in total. The fourth-order valence-corrected chi connectivity index (χ4v) is 3.47. The number of fused-ring (bicyclic) bond motifs is 1. The summed E-state index contributed by atoms with van der Waals surface area (Å²) in [5.74, 6) is -1.38. The molecule has 1 aromatic heterocycles. The molecule has 0 unspecified atom stereocenters. The van der Waals surface area contributed by atoms with Crippen LogP contribution in [0.1, 0.15) is 0 Å². The Bertz CT molecular complexity index is 1070. The third-order valence-corrected chi connectivity index (χ3v) is 5.18. The summed E-state index contributed by atoms with van der Waals surface area (Å²) in [4.78, 5) is 28.4. The first-order chi connectivity index (χ1) is 11.3. The van der Waals surface area contributed by atoms with E-state index in [1.54, 1.807) is 18.2 Å². The summed E-state index contributed by atoms with van der Waals surface area (Å²) >= 11 is 5.72. The van der Waals surface area contributed by atoms with Crippen LogP contribution in [0.5, 0.6) is 0 Å². The van der Waals surface area contributed by atoms with Gasteiger partial charge in [0.2, 0.25) is 5.91 Å². The van der Waals surface area contributed by atoms with Crippen LogP contribution in [-0.2, 0) is 14.6 Å². The van der Waals surface area contributed by atoms with Gasteiger partial charge in [0.15, 0.2) is 9.84 Å². The molecule has 0 bridgehead atoms. The number of H-pyrrole nitrogens is 2. The Labute approximate surface area is 141 Å². The lowest BCUT2D eigenvalue weighted by Crippen LogP contribution is -2.23. The summed E-state index contributed by atoms with van der Waals surface area (Å²) in [6.45, 7) is 0. The molecule has 0 aliphatic rings. The van der Waals surface area contributed by atoms with Gasteiger partial charge >= 0.3 is 5.69 Å². The minimum absolute atomic E-state index is 0.0208. The van der Waals surface area contributed by atoms with Crippen LogP contribution < -0.4 is 11.0 Å². The molecule has 0 aliphatic heterocycles. The molecule has 3 rings (SSSR count). The first kappa shape index (κ1) is 16.3. The number of imidazole rings is 1. The van der Waals surface area contributed by atoms with Gasteiger partial charge < -0.3 is 15.3 Å². The number of benzene rings is 2. The molecule has 2 aromatic carbocycles. The van der Waals surface area contributed by atoms with Crippen LogP contribution in [0, 0.1) is 0 Å². The van der Waals surface area contributed by atoms with Gasteiger partial charge in [0.25, 0.3) is 0 Å². The van der Waals surface area contributed by atoms with Gasteiger partial charge in [0.1, 0.15) is 5.75 Å². The Kier molecular flexibility index (Phi) is 4.16. The number of rotatable bonds is 4. The number of aromatic amines is 2. The molecular weight excluding hydrogens is 354 g/mol. The number of amides is 1. The summed E-state index contributed by atoms with van der Waals surface area (Å²) in [5, 5.41) is 2.91. The third kappa shape index (κ3) is 3.50. The van der Waals surface area contributed by atoms with E-state index in [1.165, 1.54) is 24.3 Å². The van der Waals surface area contributed by atoms with Gasteiger partial charge in [-0.15, -0.1) is 0 Å². The third-order valence-electron chi connectivity index (χ3n) is 3.29. The number of carbonyl (C=O) groups excluding carboxylic acids is 1. The maximum atomic E-state index is 12.2. The number of halogens is 1. The molecule has 0 saturated heterocycles. The van der Waals surface area contributed by atoms with E-state index in [-0.39, 0.29) is 10.6 Å². The molecule has 1 amide bonds. The van der Waals surface area contributed by atoms with Crippen LogP contribution in [0.3, 0.4) is 0 Å². The Morgan fingerprint density at radius 1 is 1.04 bits per heavy atom. The van der Waals surface area contributed by atoms with Crippen molar-refractivity contribution in [3.8, 4) is 0 Å². The van der Waals surface area contributed by atoms with E-state index in [1.807, 2.05) is 0 Å². The molecule has 1 heterocycles. The van der Waals surface area contributed by atoms with Gasteiger partial charge in [0.05, 0.1) is 15.9 Å². The molecule has 0 atom stereocenters. The minimum Gasteiger partial charge on any atom is -0.325 e. The molecule has 9 heteroatoms. The van der Waals surface area contributed by atoms with Crippen LogP contribution in [-0.4, -0.2) is 30.0 Å². The summed E-state index contributed by atoms with van der Waals surface area (Å²) < 4.78 is 24.4. The van der Waals surface area contributed by atoms with Crippen LogP contribution >= 0.6 is 11.6 Å². The average molecular weight is 366 g/mol. The van der Waals surface area contributed by atoms with Gasteiger partial charge in [-0.05, 0) is 42.5 Å². The molecule has 0 spiro atoms. The van der Waals surface area contributed by atoms with Crippen molar-refractivity contribution < 1.29 is 13.2 Å². The molecule has 0 radical (unpaired) electrons. The van der Waals surface area contributed by atoms with Crippen molar-refractivity contribution in [3.63, 3.8) is 0 Å². The summed E-state index contributed by atoms with van der Waals surface area (Å²) in [6, 6.07) is 10.3. The quantitative estimate of drug-likeness (QED) is 0.655. The maximum Gasteiger partial charge on any atom is 0.323 e. The number of sulfone groups is 1. The zero-order valence-corrected chi connectivity index (χ0v) is 13.7. The second kappa shape index (κ2) is 6.14. The van der Waals surface area contributed by atoms with Crippen molar-refractivity contribution in [2.75, 3.05) is 11.1 Å². The molecule has 3 N–H and O–H groups in total. The normalized spacial score (nSPS) is 11.5. The van der Waals surface area contributed by atoms with Crippen LogP contribution in [0.25, 0.3) is 11.0 Å². The highest BCUT2D eigenvalue weighted by Gasteiger charge is 2.19. The molecule has 0 saturated carbocycles. The van der Waals surface area contributed by atoms with E-state index < -0.39 is 21.5 Å². The van der Waals surface area contributed by atoms with E-state index in [0.717, 1.165) is 0 Å². The second-order valence-electron chi connectivity index (χ2n) is 5.10. The fraction of sp³-hybridized carbons (Fsp3) is 0.0667. The Morgan fingerprint density at radius 2 is 1.71 bits per heavy atom. The van der Waals surface area contributed by atoms with Crippen molar-refractivity contribution in [2.45, 2.75) is 4.90 Å². The van der Waals surface area contributed by atoms with E-state index in [0.29, 0.717) is 21.7 Å². The average Bonchev–Trinajstić information content (AvgIpc) is 2.86. The maximum absolute atomic E-state index is 12.2. The standard InChI is InChI=1S/C15H12ClN3O4S/c16-9-1-4-11(5-2-9)24(22,23)8-14(20)17-10-3-6-12-13(7-10)19-15(21)18-12/h1-7H,8H2,(H,17,20)(H2,18,19,21). The van der Waals surface area contributed by atoms with Crippen molar-refractivity contribution in [1.29, 1.82) is 0 Å². The molecule has 0 aliphatic carbocycles. The molecule has 3 aromatic rings. The fourth-order valence-electron chi connectivity index (χ4n) is 2.21. The number of hydrogen-bond acceptors (Lipinski definition) is 4. The van der Waals surface area contributed by atoms with Gasteiger partial charge in [-0.3, -0.25) is 4.79 Å². The first-order valence-corrected chi connectivity index (χ1v) is 8.87. The van der Waals surface area contributed by atoms with Gasteiger partial charge in [-0.1, -0.05) is 11.6 Å². The second-order valence-corrected chi connectivity index (χ2v) is 7.53. The number of hydrogen-bond donors (Lipinski definition) is 3. The zero-order valence-electron chi connectivity index (χ0n) is 12.2.